The summed E-state index contributed by atoms with van der Waals surface area (Å²) < 4.78 is 26.4. The van der Waals surface area contributed by atoms with Gasteiger partial charge in [0.1, 0.15) is 0 Å². The quantitative estimate of drug-likeness (QED) is 0.259. The zero-order chi connectivity index (χ0) is 21.9. The highest BCUT2D eigenvalue weighted by atomic mass is 32.2. The molecule has 30 heavy (non-hydrogen) atoms. The number of sulfonamides is 1. The second-order valence-corrected chi connectivity index (χ2v) is 10.1. The Hall–Kier alpha value is -1.40. The van der Waals surface area contributed by atoms with E-state index in [0.29, 0.717) is 12.1 Å². The maximum Gasteiger partial charge on any atom is 0.239 e. The Labute approximate surface area is 184 Å². The van der Waals surface area contributed by atoms with Gasteiger partial charge in [0, 0.05) is 5.69 Å². The third kappa shape index (κ3) is 15.4. The molecule has 172 valence electrons. The van der Waals surface area contributed by atoms with Crippen molar-refractivity contribution in [3.8, 4) is 0 Å². The molecule has 0 aliphatic rings. The maximum absolute atomic E-state index is 12.0. The van der Waals surface area contributed by atoms with Gasteiger partial charge in [0.15, 0.2) is 0 Å². The number of anilines is 1. The van der Waals surface area contributed by atoms with Crippen LogP contribution in [0.25, 0.3) is 0 Å². The first-order chi connectivity index (χ1) is 14.5. The van der Waals surface area contributed by atoms with Crippen LogP contribution < -0.4 is 10.0 Å². The number of rotatable bonds is 19. The topological polar surface area (TPSA) is 75.3 Å². The Kier molecular flexibility index (Phi) is 15.4. The van der Waals surface area contributed by atoms with Crippen LogP contribution in [0, 0.1) is 0 Å². The molecule has 0 aliphatic carbocycles. The van der Waals surface area contributed by atoms with Crippen molar-refractivity contribution >= 4 is 21.6 Å². The predicted octanol–water partition coefficient (Wildman–Crippen LogP) is 6.03. The average Bonchev–Trinajstić information content (AvgIpc) is 2.73. The minimum Gasteiger partial charge on any atom is -0.325 e. The van der Waals surface area contributed by atoms with E-state index in [9.17, 15) is 13.2 Å². The number of unbranched alkanes of at least 4 members (excludes halogenated alkanes) is 13. The Balaban J connectivity index is 1.93. The molecule has 0 heterocycles. The number of carbonyl (C=O) groups excluding carboxylic acids is 1. The third-order valence-corrected chi connectivity index (χ3v) is 6.69. The van der Waals surface area contributed by atoms with Gasteiger partial charge in [-0.15, -0.1) is 0 Å². The summed E-state index contributed by atoms with van der Waals surface area (Å²) in [4.78, 5) is 11.8. The molecule has 1 amide bonds. The van der Waals surface area contributed by atoms with Crippen LogP contribution in [0.3, 0.4) is 0 Å². The van der Waals surface area contributed by atoms with E-state index in [1.54, 1.807) is 12.1 Å². The van der Waals surface area contributed by atoms with Crippen molar-refractivity contribution in [2.45, 2.75) is 96.8 Å². The van der Waals surface area contributed by atoms with Crippen molar-refractivity contribution in [2.24, 2.45) is 0 Å². The van der Waals surface area contributed by atoms with E-state index >= 15 is 0 Å². The van der Waals surface area contributed by atoms with Gasteiger partial charge >= 0.3 is 0 Å². The molecule has 0 saturated carbocycles. The summed E-state index contributed by atoms with van der Waals surface area (Å²) in [6.45, 7) is 2.03. The Morgan fingerprint density at radius 2 is 1.20 bits per heavy atom. The standard InChI is InChI=1S/C24H42N2O3S/c1-2-3-4-5-6-7-8-9-10-11-12-13-14-18-21-30(28,29)25-22-24(27)26-23-19-16-15-17-20-23/h15-17,19-20,25H,2-14,18,21-22H2,1H3,(H,26,27). The lowest BCUT2D eigenvalue weighted by Gasteiger charge is -2.08. The Morgan fingerprint density at radius 3 is 1.70 bits per heavy atom. The number of hydrogen-bond donors (Lipinski definition) is 2. The molecule has 1 aromatic rings. The molecular formula is C24H42N2O3S. The molecule has 0 unspecified atom stereocenters. The normalized spacial score (nSPS) is 11.5. The molecule has 0 aromatic heterocycles. The number of hydrogen-bond acceptors (Lipinski definition) is 3. The molecule has 0 fully saturated rings. The van der Waals surface area contributed by atoms with E-state index in [0.717, 1.165) is 12.8 Å². The van der Waals surface area contributed by atoms with Crippen LogP contribution >= 0.6 is 0 Å². The summed E-state index contributed by atoms with van der Waals surface area (Å²) in [6, 6.07) is 9.02. The highest BCUT2D eigenvalue weighted by Gasteiger charge is 2.12. The Bertz CT molecular complexity index is 648. The lowest BCUT2D eigenvalue weighted by Crippen LogP contribution is -2.34. The van der Waals surface area contributed by atoms with E-state index < -0.39 is 10.0 Å². The molecule has 0 radical (unpaired) electrons. The lowest BCUT2D eigenvalue weighted by molar-refractivity contribution is -0.115. The number of carbonyl (C=O) groups is 1. The van der Waals surface area contributed by atoms with Crippen LogP contribution in [-0.2, 0) is 14.8 Å². The summed E-state index contributed by atoms with van der Waals surface area (Å²) in [7, 11) is -3.40. The average molecular weight is 439 g/mol. The fourth-order valence-electron chi connectivity index (χ4n) is 3.46. The summed E-state index contributed by atoms with van der Waals surface area (Å²) >= 11 is 0. The van der Waals surface area contributed by atoms with E-state index in [1.807, 2.05) is 18.2 Å². The van der Waals surface area contributed by atoms with Gasteiger partial charge in [-0.25, -0.2) is 13.1 Å². The van der Waals surface area contributed by atoms with Gasteiger partial charge in [0.2, 0.25) is 15.9 Å². The van der Waals surface area contributed by atoms with Gasteiger partial charge in [-0.3, -0.25) is 4.79 Å². The van der Waals surface area contributed by atoms with Crippen LogP contribution in [0.4, 0.5) is 5.69 Å². The molecule has 0 atom stereocenters. The van der Waals surface area contributed by atoms with E-state index in [4.69, 9.17) is 0 Å². The van der Waals surface area contributed by atoms with Crippen molar-refractivity contribution in [2.75, 3.05) is 17.6 Å². The zero-order valence-electron chi connectivity index (χ0n) is 18.8. The van der Waals surface area contributed by atoms with Crippen LogP contribution in [-0.4, -0.2) is 26.6 Å². The van der Waals surface area contributed by atoms with Gasteiger partial charge in [0.05, 0.1) is 12.3 Å². The van der Waals surface area contributed by atoms with Crippen LogP contribution in [0.5, 0.6) is 0 Å². The smallest absolute Gasteiger partial charge is 0.239 e. The number of nitrogens with one attached hydrogen (secondary N) is 2. The van der Waals surface area contributed by atoms with Crippen LogP contribution in [0.15, 0.2) is 30.3 Å². The molecule has 0 saturated heterocycles. The van der Waals surface area contributed by atoms with Crippen molar-refractivity contribution in [1.29, 1.82) is 0 Å². The first-order valence-corrected chi connectivity index (χ1v) is 13.5. The van der Waals surface area contributed by atoms with Crippen molar-refractivity contribution in [3.63, 3.8) is 0 Å². The van der Waals surface area contributed by atoms with Crippen molar-refractivity contribution in [3.05, 3.63) is 30.3 Å². The minimum atomic E-state index is -3.40. The van der Waals surface area contributed by atoms with Gasteiger partial charge in [-0.1, -0.05) is 109 Å². The van der Waals surface area contributed by atoms with Crippen molar-refractivity contribution in [1.82, 2.24) is 4.72 Å². The number of benzene rings is 1. The minimum absolute atomic E-state index is 0.0870. The van der Waals surface area contributed by atoms with Gasteiger partial charge in [0.25, 0.3) is 0 Å². The molecule has 0 spiro atoms. The Morgan fingerprint density at radius 1 is 0.733 bits per heavy atom. The monoisotopic (exact) mass is 438 g/mol. The lowest BCUT2D eigenvalue weighted by atomic mass is 10.0. The third-order valence-electron chi connectivity index (χ3n) is 5.28. The summed E-state index contributed by atoms with van der Waals surface area (Å²) in [5.41, 5.74) is 0.661. The molecule has 2 N–H and O–H groups in total. The molecule has 0 bridgehead atoms. The van der Waals surface area contributed by atoms with E-state index in [1.165, 1.54) is 70.6 Å². The number of amides is 1. The zero-order valence-corrected chi connectivity index (χ0v) is 19.6. The summed E-state index contributed by atoms with van der Waals surface area (Å²) in [5, 5.41) is 2.67. The first kappa shape index (κ1) is 26.6. The van der Waals surface area contributed by atoms with E-state index in [2.05, 4.69) is 17.0 Å². The summed E-state index contributed by atoms with van der Waals surface area (Å²) in [5.74, 6) is -0.269. The van der Waals surface area contributed by atoms with Gasteiger partial charge in [-0.05, 0) is 18.6 Å². The van der Waals surface area contributed by atoms with Gasteiger partial charge in [-0.2, -0.15) is 0 Å². The van der Waals surface area contributed by atoms with Crippen molar-refractivity contribution < 1.29 is 13.2 Å². The molecule has 5 nitrogen and oxygen atoms in total. The largest absolute Gasteiger partial charge is 0.325 e. The molecule has 1 rings (SSSR count). The predicted molar refractivity (Wildman–Crippen MR) is 127 cm³/mol. The number of para-hydroxylation sites is 1. The molecule has 6 heteroatoms. The van der Waals surface area contributed by atoms with Crippen LogP contribution in [0.1, 0.15) is 96.8 Å². The highest BCUT2D eigenvalue weighted by molar-refractivity contribution is 7.89. The van der Waals surface area contributed by atoms with Gasteiger partial charge < -0.3 is 5.32 Å². The van der Waals surface area contributed by atoms with Crippen LogP contribution in [0.2, 0.25) is 0 Å². The molecular weight excluding hydrogens is 396 g/mol. The molecule has 1 aromatic carbocycles. The second-order valence-electron chi connectivity index (χ2n) is 8.15. The van der Waals surface area contributed by atoms with E-state index in [-0.39, 0.29) is 18.2 Å². The highest BCUT2D eigenvalue weighted by Crippen LogP contribution is 2.13. The fourth-order valence-corrected chi connectivity index (χ4v) is 4.54. The SMILES string of the molecule is CCCCCCCCCCCCCCCCS(=O)(=O)NCC(=O)Nc1ccccc1. The second kappa shape index (κ2) is 17.3. The molecule has 0 aliphatic heterocycles. The first-order valence-electron chi connectivity index (χ1n) is 11.9. The fraction of sp³-hybridized carbons (Fsp3) is 0.708. The maximum atomic E-state index is 12.0. The summed E-state index contributed by atoms with van der Waals surface area (Å²) in [6.07, 6.45) is 17.3.